The Bertz CT molecular complexity index is 1900. The molecule has 6 aromatic rings. The van der Waals surface area contributed by atoms with Crippen molar-refractivity contribution < 1.29 is 9.59 Å². The Labute approximate surface area is 226 Å². The molecule has 1 aliphatic carbocycles. The number of nitrogens with one attached hydrogen (secondary N) is 3. The van der Waals surface area contributed by atoms with Gasteiger partial charge in [0.25, 0.3) is 0 Å². The molecule has 1 aliphatic rings. The van der Waals surface area contributed by atoms with E-state index in [1.165, 1.54) is 11.3 Å². The van der Waals surface area contributed by atoms with Crippen molar-refractivity contribution in [1.82, 2.24) is 30.1 Å². The highest BCUT2D eigenvalue weighted by Crippen LogP contribution is 2.36. The summed E-state index contributed by atoms with van der Waals surface area (Å²) in [7, 11) is 0. The fourth-order valence-corrected chi connectivity index (χ4v) is 5.78. The van der Waals surface area contributed by atoms with E-state index in [9.17, 15) is 9.59 Å². The summed E-state index contributed by atoms with van der Waals surface area (Å²) < 4.78 is 0. The molecule has 10 heteroatoms. The van der Waals surface area contributed by atoms with Crippen LogP contribution in [0.5, 0.6) is 0 Å². The number of fused-ring (bicyclic) bond motifs is 2. The molecule has 0 radical (unpaired) electrons. The quantitative estimate of drug-likeness (QED) is 0.218. The number of rotatable bonds is 6. The first-order valence-electron chi connectivity index (χ1n) is 12.7. The maximum Gasteiger partial charge on any atom is 0.227 e. The lowest BCUT2D eigenvalue weighted by Crippen LogP contribution is -2.28. The number of hydrogen-bond acceptors (Lipinski definition) is 7. The van der Waals surface area contributed by atoms with Gasteiger partial charge in [0, 0.05) is 39.7 Å². The largest absolute Gasteiger partial charge is 0.352 e. The Morgan fingerprint density at radius 1 is 1.00 bits per heavy atom. The molecular formula is C29H23N7O2S. The number of amides is 1. The molecule has 3 N–H and O–H groups in total. The van der Waals surface area contributed by atoms with E-state index in [2.05, 4.69) is 30.5 Å². The van der Waals surface area contributed by atoms with Crippen molar-refractivity contribution in [2.24, 2.45) is 5.92 Å². The van der Waals surface area contributed by atoms with Crippen LogP contribution in [0.2, 0.25) is 0 Å². The highest BCUT2D eigenvalue weighted by molar-refractivity contribution is 7.17. The minimum Gasteiger partial charge on any atom is -0.352 e. The topological polar surface area (TPSA) is 129 Å². The average molecular weight is 534 g/mol. The number of pyridine rings is 3. The van der Waals surface area contributed by atoms with E-state index in [0.29, 0.717) is 21.8 Å². The van der Waals surface area contributed by atoms with E-state index < -0.39 is 0 Å². The number of aromatic nitrogens is 6. The zero-order valence-corrected chi connectivity index (χ0v) is 21.8. The summed E-state index contributed by atoms with van der Waals surface area (Å²) in [6.45, 7) is 1.57. The smallest absolute Gasteiger partial charge is 0.227 e. The van der Waals surface area contributed by atoms with Gasteiger partial charge < -0.3 is 10.3 Å². The van der Waals surface area contributed by atoms with Crippen molar-refractivity contribution in [3.05, 3.63) is 66.1 Å². The Balaban J connectivity index is 1.25. The molecule has 0 saturated heterocycles. The second-order valence-corrected chi connectivity index (χ2v) is 10.9. The van der Waals surface area contributed by atoms with Crippen LogP contribution in [-0.2, 0) is 4.79 Å². The first-order valence-corrected chi connectivity index (χ1v) is 13.5. The summed E-state index contributed by atoms with van der Waals surface area (Å²) in [4.78, 5) is 43.0. The van der Waals surface area contributed by atoms with Crippen molar-refractivity contribution in [3.8, 4) is 33.1 Å². The zero-order valence-electron chi connectivity index (χ0n) is 21.0. The summed E-state index contributed by atoms with van der Waals surface area (Å²) in [5.41, 5.74) is 7.02. The average Bonchev–Trinajstić information content (AvgIpc) is 3.65. The number of aromatic amines is 2. The number of ketones is 1. The Kier molecular flexibility index (Phi) is 5.55. The van der Waals surface area contributed by atoms with Gasteiger partial charge >= 0.3 is 0 Å². The highest BCUT2D eigenvalue weighted by atomic mass is 32.1. The minimum absolute atomic E-state index is 0.0486. The lowest BCUT2D eigenvalue weighted by Gasteiger charge is -2.24. The molecule has 0 bridgehead atoms. The fourth-order valence-electron chi connectivity index (χ4n) is 4.86. The third kappa shape index (κ3) is 4.18. The van der Waals surface area contributed by atoms with E-state index in [4.69, 9.17) is 4.98 Å². The molecule has 1 amide bonds. The summed E-state index contributed by atoms with van der Waals surface area (Å²) in [6.07, 6.45) is 9.99. The van der Waals surface area contributed by atoms with Gasteiger partial charge in [-0.1, -0.05) is 6.42 Å². The molecule has 0 unspecified atom stereocenters. The Morgan fingerprint density at radius 3 is 2.67 bits per heavy atom. The molecule has 7 rings (SSSR count). The van der Waals surface area contributed by atoms with Gasteiger partial charge in [-0.25, -0.2) is 4.98 Å². The van der Waals surface area contributed by atoms with Crippen LogP contribution in [0, 0.1) is 5.92 Å². The van der Waals surface area contributed by atoms with E-state index >= 15 is 0 Å². The zero-order chi connectivity index (χ0) is 26.5. The predicted molar refractivity (Wildman–Crippen MR) is 151 cm³/mol. The molecule has 6 heterocycles. The van der Waals surface area contributed by atoms with E-state index in [1.807, 2.05) is 42.6 Å². The number of thiophene rings is 1. The van der Waals surface area contributed by atoms with Crippen molar-refractivity contribution >= 4 is 50.7 Å². The van der Waals surface area contributed by atoms with Crippen LogP contribution in [0.4, 0.5) is 5.69 Å². The maximum atomic E-state index is 12.4. The summed E-state index contributed by atoms with van der Waals surface area (Å²) in [6, 6.07) is 11.6. The molecule has 192 valence electrons. The van der Waals surface area contributed by atoms with Crippen molar-refractivity contribution in [2.75, 3.05) is 5.32 Å². The van der Waals surface area contributed by atoms with Crippen molar-refractivity contribution in [2.45, 2.75) is 26.2 Å². The number of hydrogen-bond donors (Lipinski definition) is 3. The summed E-state index contributed by atoms with van der Waals surface area (Å²) >= 11 is 1.46. The van der Waals surface area contributed by atoms with Gasteiger partial charge in [-0.2, -0.15) is 5.10 Å². The van der Waals surface area contributed by atoms with Crippen LogP contribution in [0.25, 0.3) is 55.0 Å². The number of Topliss-reactive ketones (excluding diaryl/α,β-unsaturated/α-hetero) is 1. The Morgan fingerprint density at radius 2 is 1.87 bits per heavy atom. The van der Waals surface area contributed by atoms with Gasteiger partial charge in [-0.3, -0.25) is 24.7 Å². The van der Waals surface area contributed by atoms with E-state index in [0.717, 1.165) is 63.1 Å². The SMILES string of the molecule is CC(=O)c1ccc(-c2cncc3[nH]c(-c4n[nH]c5ccc(-c6cncc(NC(=O)C7CCC7)c6)nc45)cc23)s1. The summed E-state index contributed by atoms with van der Waals surface area (Å²) in [5.74, 6) is 0.195. The predicted octanol–water partition coefficient (Wildman–Crippen LogP) is 6.23. The van der Waals surface area contributed by atoms with Crippen LogP contribution >= 0.6 is 11.3 Å². The number of anilines is 1. The minimum atomic E-state index is 0.0486. The molecule has 0 atom stereocenters. The van der Waals surface area contributed by atoms with Crippen LogP contribution in [0.1, 0.15) is 35.9 Å². The number of nitrogens with zero attached hydrogens (tertiary/aromatic N) is 4. The first kappa shape index (κ1) is 23.4. The molecule has 0 spiro atoms. The molecule has 1 fully saturated rings. The third-order valence-corrected chi connectivity index (χ3v) is 8.42. The third-order valence-electron chi connectivity index (χ3n) is 7.20. The van der Waals surface area contributed by atoms with Gasteiger partial charge in [0.2, 0.25) is 5.91 Å². The van der Waals surface area contributed by atoms with Gasteiger partial charge in [0.15, 0.2) is 5.78 Å². The first-order chi connectivity index (χ1) is 19.0. The van der Waals surface area contributed by atoms with Crippen LogP contribution < -0.4 is 5.32 Å². The second kappa shape index (κ2) is 9.25. The fraction of sp³-hybridized carbons (Fsp3) is 0.172. The molecule has 0 aliphatic heterocycles. The van der Waals surface area contributed by atoms with Crippen LogP contribution in [0.15, 0.2) is 61.2 Å². The summed E-state index contributed by atoms with van der Waals surface area (Å²) in [5, 5.41) is 11.6. The van der Waals surface area contributed by atoms with E-state index in [1.54, 1.807) is 25.5 Å². The molecule has 39 heavy (non-hydrogen) atoms. The molecule has 6 aromatic heterocycles. The van der Waals surface area contributed by atoms with Gasteiger partial charge in [-0.15, -0.1) is 11.3 Å². The van der Waals surface area contributed by atoms with Crippen molar-refractivity contribution in [1.29, 1.82) is 0 Å². The lowest BCUT2D eigenvalue weighted by atomic mass is 9.85. The lowest BCUT2D eigenvalue weighted by molar-refractivity contribution is -0.122. The highest BCUT2D eigenvalue weighted by Gasteiger charge is 2.25. The molecule has 9 nitrogen and oxygen atoms in total. The standard InChI is InChI=1S/C29H23N7O2S/c1-15(37)25-7-8-26(39-25)20-13-31-14-24-19(20)10-23(33-24)28-27-22(35-36-28)6-5-21(34-27)17-9-18(12-30-11-17)32-29(38)16-3-2-4-16/h5-14,16,33H,2-4H2,1H3,(H,32,38)(H,35,36). The molecular weight excluding hydrogens is 510 g/mol. The molecule has 0 aromatic carbocycles. The number of carbonyl (C=O) groups excluding carboxylic acids is 2. The van der Waals surface area contributed by atoms with Gasteiger partial charge in [0.05, 0.1) is 45.4 Å². The maximum absolute atomic E-state index is 12.4. The normalized spacial score (nSPS) is 13.6. The monoisotopic (exact) mass is 533 g/mol. The van der Waals surface area contributed by atoms with Gasteiger partial charge in [0.1, 0.15) is 11.2 Å². The number of H-pyrrole nitrogens is 2. The van der Waals surface area contributed by atoms with Crippen LogP contribution in [0.3, 0.4) is 0 Å². The second-order valence-electron chi connectivity index (χ2n) is 9.80. The Hall–Kier alpha value is -4.70. The van der Waals surface area contributed by atoms with Gasteiger partial charge in [-0.05, 0) is 56.2 Å². The number of carbonyl (C=O) groups is 2. The molecule has 1 saturated carbocycles. The van der Waals surface area contributed by atoms with E-state index in [-0.39, 0.29) is 17.6 Å². The van der Waals surface area contributed by atoms with Crippen LogP contribution in [-0.4, -0.2) is 41.8 Å². The van der Waals surface area contributed by atoms with Crippen molar-refractivity contribution in [3.63, 3.8) is 0 Å².